The van der Waals surface area contributed by atoms with E-state index in [0.717, 1.165) is 6.42 Å². The van der Waals surface area contributed by atoms with Crippen LogP contribution in [0.1, 0.15) is 19.3 Å². The first-order valence-corrected chi connectivity index (χ1v) is 5.03. The van der Waals surface area contributed by atoms with Gasteiger partial charge in [0.25, 0.3) is 0 Å². The minimum atomic E-state index is -5.08. The van der Waals surface area contributed by atoms with Gasteiger partial charge in [-0.3, -0.25) is 4.79 Å². The summed E-state index contributed by atoms with van der Waals surface area (Å²) in [4.78, 5) is 21.3. The summed E-state index contributed by atoms with van der Waals surface area (Å²) in [5.41, 5.74) is 0. The van der Waals surface area contributed by atoms with Crippen LogP contribution >= 0.6 is 0 Å². The largest absolute Gasteiger partial charge is 0.480 e. The highest BCUT2D eigenvalue weighted by molar-refractivity contribution is 5.86. The van der Waals surface area contributed by atoms with E-state index in [2.05, 4.69) is 0 Å². The van der Waals surface area contributed by atoms with Crippen LogP contribution in [0.2, 0.25) is 0 Å². The van der Waals surface area contributed by atoms with Gasteiger partial charge in [0, 0.05) is 13.0 Å². The van der Waals surface area contributed by atoms with Crippen molar-refractivity contribution >= 4 is 11.9 Å². The summed E-state index contributed by atoms with van der Waals surface area (Å²) < 4.78 is 41.0. The van der Waals surface area contributed by atoms with Crippen molar-refractivity contribution in [2.24, 2.45) is 0 Å². The monoisotopic (exact) mass is 255 g/mol. The molecule has 1 rings (SSSR count). The van der Waals surface area contributed by atoms with E-state index in [0.29, 0.717) is 13.0 Å². The van der Waals surface area contributed by atoms with Gasteiger partial charge in [0.1, 0.15) is 6.04 Å². The number of carbonyl (C=O) groups excluding carboxylic acids is 1. The topological polar surface area (TPSA) is 75.6 Å². The Labute approximate surface area is 94.9 Å². The molecule has 98 valence electrons. The molecule has 0 aliphatic carbocycles. The molecule has 1 heterocycles. The van der Waals surface area contributed by atoms with Crippen LogP contribution in [0.4, 0.5) is 13.2 Å². The van der Waals surface area contributed by atoms with Gasteiger partial charge in [0.15, 0.2) is 0 Å². The molecule has 0 bridgehead atoms. The van der Waals surface area contributed by atoms with Crippen molar-refractivity contribution in [1.29, 1.82) is 0 Å². The summed E-state index contributed by atoms with van der Waals surface area (Å²) in [5, 5.41) is 10.2. The second-order valence-corrected chi connectivity index (χ2v) is 3.73. The lowest BCUT2D eigenvalue weighted by atomic mass is 10.1. The Hall–Kier alpha value is -1.31. The number of carboxylic acid groups (broad SMARTS) is 1. The molecule has 1 aliphatic heterocycles. The highest BCUT2D eigenvalue weighted by Crippen LogP contribution is 2.19. The SMILES string of the molecule is O=C(O)C(C[C@H]1CCCO1)NC(=O)C(F)(F)F. The summed E-state index contributed by atoms with van der Waals surface area (Å²) in [6, 6.07) is -1.58. The van der Waals surface area contributed by atoms with Crippen molar-refractivity contribution in [3.8, 4) is 0 Å². The number of alkyl halides is 3. The average molecular weight is 255 g/mol. The zero-order valence-electron chi connectivity index (χ0n) is 8.79. The molecular formula is C9H12F3NO4. The van der Waals surface area contributed by atoms with E-state index in [1.807, 2.05) is 0 Å². The first-order chi connectivity index (χ1) is 7.80. The van der Waals surface area contributed by atoms with Crippen LogP contribution in [0.15, 0.2) is 0 Å². The van der Waals surface area contributed by atoms with E-state index in [1.165, 1.54) is 5.32 Å². The normalized spacial score (nSPS) is 22.2. The van der Waals surface area contributed by atoms with Crippen LogP contribution in [0, 0.1) is 0 Å². The summed E-state index contributed by atoms with van der Waals surface area (Å²) >= 11 is 0. The fourth-order valence-electron chi connectivity index (χ4n) is 1.55. The fourth-order valence-corrected chi connectivity index (χ4v) is 1.55. The molecule has 1 saturated heterocycles. The Morgan fingerprint density at radius 2 is 2.12 bits per heavy atom. The summed E-state index contributed by atoms with van der Waals surface area (Å²) in [6.45, 7) is 0.463. The maximum atomic E-state index is 12.0. The third kappa shape index (κ3) is 4.22. The van der Waals surface area contributed by atoms with E-state index in [-0.39, 0.29) is 6.42 Å². The van der Waals surface area contributed by atoms with Crippen LogP contribution < -0.4 is 5.32 Å². The minimum absolute atomic E-state index is 0.156. The number of hydrogen-bond acceptors (Lipinski definition) is 3. The van der Waals surface area contributed by atoms with Crippen molar-refractivity contribution in [2.45, 2.75) is 37.6 Å². The molecule has 8 heteroatoms. The van der Waals surface area contributed by atoms with E-state index < -0.39 is 30.2 Å². The third-order valence-electron chi connectivity index (χ3n) is 2.38. The van der Waals surface area contributed by atoms with Gasteiger partial charge in [-0.15, -0.1) is 0 Å². The molecule has 0 aromatic rings. The van der Waals surface area contributed by atoms with Crippen LogP contribution in [0.5, 0.6) is 0 Å². The predicted octanol–water partition coefficient (Wildman–Crippen LogP) is 0.687. The lowest BCUT2D eigenvalue weighted by Gasteiger charge is -2.18. The summed E-state index contributed by atoms with van der Waals surface area (Å²) in [6.07, 6.45) is -4.32. The maximum absolute atomic E-state index is 12.0. The van der Waals surface area contributed by atoms with Crippen LogP contribution in [0.3, 0.4) is 0 Å². The number of carboxylic acids is 1. The van der Waals surface area contributed by atoms with Crippen LogP contribution in [-0.4, -0.2) is 41.9 Å². The van der Waals surface area contributed by atoms with Gasteiger partial charge in [-0.2, -0.15) is 13.2 Å². The Kier molecular flexibility index (Phi) is 4.33. The predicted molar refractivity (Wildman–Crippen MR) is 49.2 cm³/mol. The fraction of sp³-hybridized carbons (Fsp3) is 0.778. The van der Waals surface area contributed by atoms with Crippen molar-refractivity contribution in [3.05, 3.63) is 0 Å². The van der Waals surface area contributed by atoms with Gasteiger partial charge in [0.2, 0.25) is 0 Å². The van der Waals surface area contributed by atoms with Crippen LogP contribution in [-0.2, 0) is 14.3 Å². The second kappa shape index (κ2) is 5.35. The standard InChI is InChI=1S/C9H12F3NO4/c10-9(11,12)8(16)13-6(7(14)15)4-5-2-1-3-17-5/h5-6H,1-4H2,(H,13,16)(H,14,15)/t5-,6?/m1/s1. The van der Waals surface area contributed by atoms with Gasteiger partial charge in [-0.1, -0.05) is 0 Å². The van der Waals surface area contributed by atoms with Gasteiger partial charge < -0.3 is 15.2 Å². The maximum Gasteiger partial charge on any atom is 0.471 e. The number of ether oxygens (including phenoxy) is 1. The molecule has 1 aliphatic rings. The lowest BCUT2D eigenvalue weighted by Crippen LogP contribution is -2.48. The Bertz CT molecular complexity index is 299. The summed E-state index contributed by atoms with van der Waals surface area (Å²) in [7, 11) is 0. The molecule has 5 nitrogen and oxygen atoms in total. The van der Waals surface area contributed by atoms with Crippen molar-refractivity contribution in [3.63, 3.8) is 0 Å². The molecule has 0 spiro atoms. The smallest absolute Gasteiger partial charge is 0.471 e. The Balaban J connectivity index is 2.54. The van der Waals surface area contributed by atoms with Gasteiger partial charge in [0.05, 0.1) is 6.10 Å². The molecule has 2 N–H and O–H groups in total. The number of aliphatic carboxylic acids is 1. The molecule has 0 aromatic heterocycles. The first-order valence-electron chi connectivity index (χ1n) is 5.03. The van der Waals surface area contributed by atoms with E-state index in [9.17, 15) is 22.8 Å². The Morgan fingerprint density at radius 1 is 1.47 bits per heavy atom. The molecule has 17 heavy (non-hydrogen) atoms. The molecule has 1 fully saturated rings. The molecular weight excluding hydrogens is 243 g/mol. The van der Waals surface area contributed by atoms with Crippen LogP contribution in [0.25, 0.3) is 0 Å². The number of nitrogens with one attached hydrogen (secondary N) is 1. The van der Waals surface area contributed by atoms with E-state index in [4.69, 9.17) is 9.84 Å². The molecule has 1 amide bonds. The molecule has 2 atom stereocenters. The quantitative estimate of drug-likeness (QED) is 0.774. The molecule has 0 radical (unpaired) electrons. The average Bonchev–Trinajstić information content (AvgIpc) is 2.67. The number of halogens is 3. The number of rotatable bonds is 4. The molecule has 0 aromatic carbocycles. The zero-order valence-corrected chi connectivity index (χ0v) is 8.79. The minimum Gasteiger partial charge on any atom is -0.480 e. The second-order valence-electron chi connectivity index (χ2n) is 3.73. The molecule has 0 saturated carbocycles. The van der Waals surface area contributed by atoms with Gasteiger partial charge >= 0.3 is 18.1 Å². The number of hydrogen-bond donors (Lipinski definition) is 2. The van der Waals surface area contributed by atoms with Gasteiger partial charge in [-0.05, 0) is 12.8 Å². The Morgan fingerprint density at radius 3 is 2.53 bits per heavy atom. The van der Waals surface area contributed by atoms with Crippen molar-refractivity contribution in [2.75, 3.05) is 6.61 Å². The van der Waals surface area contributed by atoms with E-state index >= 15 is 0 Å². The third-order valence-corrected chi connectivity index (χ3v) is 2.38. The first kappa shape index (κ1) is 13.8. The lowest BCUT2D eigenvalue weighted by molar-refractivity contribution is -0.175. The number of carbonyl (C=O) groups is 2. The highest BCUT2D eigenvalue weighted by atomic mass is 19.4. The highest BCUT2D eigenvalue weighted by Gasteiger charge is 2.41. The van der Waals surface area contributed by atoms with Crippen molar-refractivity contribution in [1.82, 2.24) is 5.32 Å². The van der Waals surface area contributed by atoms with Gasteiger partial charge in [-0.25, -0.2) is 4.79 Å². The van der Waals surface area contributed by atoms with Crippen molar-refractivity contribution < 1.29 is 32.6 Å². The zero-order chi connectivity index (χ0) is 13.1. The number of amides is 1. The van der Waals surface area contributed by atoms with E-state index in [1.54, 1.807) is 0 Å². The summed E-state index contributed by atoms with van der Waals surface area (Å²) in [5.74, 6) is -3.75. The molecule has 1 unspecified atom stereocenters.